The zero-order valence-corrected chi connectivity index (χ0v) is 15.7. The number of nitrogens with one attached hydrogen (secondary N) is 1. The number of esters is 1. The summed E-state index contributed by atoms with van der Waals surface area (Å²) in [5.41, 5.74) is 1.98. The second kappa shape index (κ2) is 8.67. The molecule has 0 saturated carbocycles. The van der Waals surface area contributed by atoms with Crippen molar-refractivity contribution in [2.24, 2.45) is 5.92 Å². The molecule has 0 saturated heterocycles. The van der Waals surface area contributed by atoms with E-state index in [1.54, 1.807) is 7.11 Å². The van der Waals surface area contributed by atoms with Crippen molar-refractivity contribution in [1.29, 1.82) is 0 Å². The summed E-state index contributed by atoms with van der Waals surface area (Å²) in [5, 5.41) is 5.27. The fourth-order valence-corrected chi connectivity index (χ4v) is 3.57. The lowest BCUT2D eigenvalue weighted by Gasteiger charge is -2.13. The number of anilines is 1. The Labute approximate surface area is 152 Å². The van der Waals surface area contributed by atoms with Crippen LogP contribution in [0.1, 0.15) is 37.0 Å². The summed E-state index contributed by atoms with van der Waals surface area (Å²) in [6.45, 7) is 3.96. The molecule has 0 fully saturated rings. The molecule has 0 aliphatic carbocycles. The van der Waals surface area contributed by atoms with E-state index >= 15 is 0 Å². The molecule has 0 aliphatic heterocycles. The Morgan fingerprint density at radius 3 is 2.28 bits per heavy atom. The van der Waals surface area contributed by atoms with Crippen LogP contribution in [0.3, 0.4) is 0 Å². The number of hydrogen-bond acceptors (Lipinski definition) is 5. The minimum Gasteiger partial charge on any atom is -0.497 e. The Hall–Kier alpha value is -2.34. The van der Waals surface area contributed by atoms with Gasteiger partial charge < -0.3 is 14.8 Å². The number of carbonyl (C=O) groups is 2. The van der Waals surface area contributed by atoms with Crippen molar-refractivity contribution in [2.75, 3.05) is 19.5 Å². The van der Waals surface area contributed by atoms with Gasteiger partial charge in [-0.3, -0.25) is 4.79 Å². The fourth-order valence-electron chi connectivity index (χ4n) is 2.61. The molecule has 0 atom stereocenters. The molecule has 0 unspecified atom stereocenters. The molecule has 0 bridgehead atoms. The minimum absolute atomic E-state index is 0.0710. The molecular formula is C19H23NO4S. The number of amides is 1. The molecule has 0 spiro atoms. The van der Waals surface area contributed by atoms with E-state index in [2.05, 4.69) is 5.32 Å². The van der Waals surface area contributed by atoms with Gasteiger partial charge >= 0.3 is 5.97 Å². The summed E-state index contributed by atoms with van der Waals surface area (Å²) in [7, 11) is 2.94. The van der Waals surface area contributed by atoms with Crippen LogP contribution in [0.2, 0.25) is 0 Å². The maximum atomic E-state index is 12.4. The maximum Gasteiger partial charge on any atom is 0.341 e. The Bertz CT molecular complexity index is 732. The van der Waals surface area contributed by atoms with E-state index in [0.29, 0.717) is 10.6 Å². The third-order valence-corrected chi connectivity index (χ3v) is 5.07. The van der Waals surface area contributed by atoms with Crippen LogP contribution in [0, 0.1) is 5.92 Å². The van der Waals surface area contributed by atoms with Gasteiger partial charge in [-0.2, -0.15) is 0 Å². The summed E-state index contributed by atoms with van der Waals surface area (Å²) in [5.74, 6) is 0.128. The van der Waals surface area contributed by atoms with Gasteiger partial charge in [-0.05, 0) is 30.5 Å². The SMILES string of the molecule is CCC(CC)C(=O)Nc1scc(-c2ccc(OC)cc2)c1C(=O)OC. The van der Waals surface area contributed by atoms with Gasteiger partial charge in [0.1, 0.15) is 16.3 Å². The number of ether oxygens (including phenoxy) is 2. The number of hydrogen-bond donors (Lipinski definition) is 1. The van der Waals surface area contributed by atoms with E-state index in [-0.39, 0.29) is 11.8 Å². The first kappa shape index (κ1) is 19.0. The van der Waals surface area contributed by atoms with Crippen LogP contribution in [0.25, 0.3) is 11.1 Å². The molecule has 25 heavy (non-hydrogen) atoms. The van der Waals surface area contributed by atoms with E-state index in [9.17, 15) is 9.59 Å². The molecule has 6 heteroatoms. The van der Waals surface area contributed by atoms with Gasteiger partial charge in [0.15, 0.2) is 0 Å². The van der Waals surface area contributed by atoms with Gasteiger partial charge in [0.2, 0.25) is 5.91 Å². The van der Waals surface area contributed by atoms with E-state index in [0.717, 1.165) is 29.7 Å². The summed E-state index contributed by atoms with van der Waals surface area (Å²) < 4.78 is 10.1. The summed E-state index contributed by atoms with van der Waals surface area (Å²) in [4.78, 5) is 24.7. The third-order valence-electron chi connectivity index (χ3n) is 4.17. The predicted molar refractivity (Wildman–Crippen MR) is 100 cm³/mol. The number of benzene rings is 1. The van der Waals surface area contributed by atoms with Crippen molar-refractivity contribution in [3.63, 3.8) is 0 Å². The van der Waals surface area contributed by atoms with Gasteiger partial charge in [0, 0.05) is 16.9 Å². The van der Waals surface area contributed by atoms with E-state index in [4.69, 9.17) is 9.47 Å². The van der Waals surface area contributed by atoms with Gasteiger partial charge in [-0.15, -0.1) is 11.3 Å². The lowest BCUT2D eigenvalue weighted by molar-refractivity contribution is -0.120. The fraction of sp³-hybridized carbons (Fsp3) is 0.368. The first-order valence-corrected chi connectivity index (χ1v) is 9.08. The second-order valence-electron chi connectivity index (χ2n) is 5.58. The first-order valence-electron chi connectivity index (χ1n) is 8.20. The number of rotatable bonds is 7. The topological polar surface area (TPSA) is 64.6 Å². The highest BCUT2D eigenvalue weighted by atomic mass is 32.1. The second-order valence-corrected chi connectivity index (χ2v) is 6.46. The van der Waals surface area contributed by atoms with Gasteiger partial charge in [0.25, 0.3) is 0 Å². The summed E-state index contributed by atoms with van der Waals surface area (Å²) >= 11 is 1.33. The largest absolute Gasteiger partial charge is 0.497 e. The maximum absolute atomic E-state index is 12.4. The average Bonchev–Trinajstić information content (AvgIpc) is 3.05. The van der Waals surface area contributed by atoms with Crippen molar-refractivity contribution in [3.05, 3.63) is 35.2 Å². The van der Waals surface area contributed by atoms with Crippen molar-refractivity contribution in [2.45, 2.75) is 26.7 Å². The highest BCUT2D eigenvalue weighted by Crippen LogP contribution is 2.37. The molecule has 1 N–H and O–H groups in total. The van der Waals surface area contributed by atoms with E-state index in [1.807, 2.05) is 43.5 Å². The summed E-state index contributed by atoms with van der Waals surface area (Å²) in [6.07, 6.45) is 1.51. The highest BCUT2D eigenvalue weighted by molar-refractivity contribution is 7.15. The molecule has 134 valence electrons. The molecule has 5 nitrogen and oxygen atoms in total. The van der Waals surface area contributed by atoms with Crippen molar-refractivity contribution >= 4 is 28.2 Å². The molecular weight excluding hydrogens is 338 g/mol. The monoisotopic (exact) mass is 361 g/mol. The molecule has 0 aliphatic rings. The van der Waals surface area contributed by atoms with Gasteiger partial charge in [-0.25, -0.2) is 4.79 Å². The van der Waals surface area contributed by atoms with Crippen LogP contribution in [0.15, 0.2) is 29.6 Å². The Morgan fingerprint density at radius 2 is 1.76 bits per heavy atom. The van der Waals surface area contributed by atoms with Crippen molar-refractivity contribution < 1.29 is 19.1 Å². The van der Waals surface area contributed by atoms with Gasteiger partial charge in [-0.1, -0.05) is 26.0 Å². The van der Waals surface area contributed by atoms with Crippen LogP contribution in [-0.4, -0.2) is 26.1 Å². The highest BCUT2D eigenvalue weighted by Gasteiger charge is 2.24. The molecule has 2 rings (SSSR count). The van der Waals surface area contributed by atoms with E-state index in [1.165, 1.54) is 18.4 Å². The molecule has 0 radical (unpaired) electrons. The quantitative estimate of drug-likeness (QED) is 0.733. The van der Waals surface area contributed by atoms with E-state index < -0.39 is 5.97 Å². The standard InChI is InChI=1S/C19H23NO4S/c1-5-12(6-2)17(21)20-18-16(19(22)24-4)15(11-25-18)13-7-9-14(23-3)10-8-13/h7-12H,5-6H2,1-4H3,(H,20,21). The Morgan fingerprint density at radius 1 is 1.12 bits per heavy atom. The van der Waals surface area contributed by atoms with Crippen molar-refractivity contribution in [3.8, 4) is 16.9 Å². The zero-order chi connectivity index (χ0) is 18.4. The molecule has 1 amide bonds. The normalized spacial score (nSPS) is 10.6. The van der Waals surface area contributed by atoms with Crippen LogP contribution in [0.5, 0.6) is 5.75 Å². The first-order chi connectivity index (χ1) is 12.0. The summed E-state index contributed by atoms with van der Waals surface area (Å²) in [6, 6.07) is 7.41. The predicted octanol–water partition coefficient (Wildman–Crippen LogP) is 4.59. The molecule has 1 aromatic heterocycles. The minimum atomic E-state index is -0.466. The van der Waals surface area contributed by atoms with Crippen LogP contribution >= 0.6 is 11.3 Å². The van der Waals surface area contributed by atoms with Crippen molar-refractivity contribution in [1.82, 2.24) is 0 Å². The van der Waals surface area contributed by atoms with Crippen LogP contribution < -0.4 is 10.1 Å². The molecule has 1 aromatic carbocycles. The number of methoxy groups -OCH3 is 2. The molecule has 2 aromatic rings. The lowest BCUT2D eigenvalue weighted by atomic mass is 10.0. The lowest BCUT2D eigenvalue weighted by Crippen LogP contribution is -2.22. The van der Waals surface area contributed by atoms with Crippen LogP contribution in [-0.2, 0) is 9.53 Å². The average molecular weight is 361 g/mol. The zero-order valence-electron chi connectivity index (χ0n) is 14.9. The number of thiophene rings is 1. The Balaban J connectivity index is 2.40. The van der Waals surface area contributed by atoms with Gasteiger partial charge in [0.05, 0.1) is 14.2 Å². The third kappa shape index (κ3) is 4.20. The number of carbonyl (C=O) groups excluding carboxylic acids is 2. The molecule has 1 heterocycles. The van der Waals surface area contributed by atoms with Crippen LogP contribution in [0.4, 0.5) is 5.00 Å². The Kier molecular flexibility index (Phi) is 6.58. The smallest absolute Gasteiger partial charge is 0.341 e.